The van der Waals surface area contributed by atoms with Crippen molar-refractivity contribution < 1.29 is 4.79 Å². The standard InChI is InChI=1S/C17H18N6OS/c24-16(21-6-8-22(9-7-21)17-19-5-10-25-17)15-3-1-14(2-4-15)11-23-13-18-12-20-23/h1-5,10,12-13H,6-9,11H2. The summed E-state index contributed by atoms with van der Waals surface area (Å²) in [5.41, 5.74) is 1.82. The second kappa shape index (κ2) is 7.02. The highest BCUT2D eigenvalue weighted by molar-refractivity contribution is 7.13. The molecule has 0 N–H and O–H groups in total. The number of carbonyl (C=O) groups is 1. The summed E-state index contributed by atoms with van der Waals surface area (Å²) in [5.74, 6) is 0.0890. The van der Waals surface area contributed by atoms with E-state index < -0.39 is 0 Å². The molecule has 1 saturated heterocycles. The molecule has 8 heteroatoms. The number of rotatable bonds is 4. The Labute approximate surface area is 149 Å². The molecule has 3 heterocycles. The van der Waals surface area contributed by atoms with E-state index in [1.54, 1.807) is 22.3 Å². The molecule has 1 aromatic carbocycles. The fourth-order valence-corrected chi connectivity index (χ4v) is 3.61. The number of amides is 1. The van der Waals surface area contributed by atoms with Gasteiger partial charge in [-0.3, -0.25) is 4.79 Å². The lowest BCUT2D eigenvalue weighted by Crippen LogP contribution is -2.48. The summed E-state index contributed by atoms with van der Waals surface area (Å²) < 4.78 is 1.76. The lowest BCUT2D eigenvalue weighted by molar-refractivity contribution is 0.0747. The minimum Gasteiger partial charge on any atom is -0.345 e. The van der Waals surface area contributed by atoms with Crippen LogP contribution in [0.3, 0.4) is 0 Å². The zero-order valence-corrected chi connectivity index (χ0v) is 14.5. The van der Waals surface area contributed by atoms with Crippen molar-refractivity contribution in [1.82, 2.24) is 24.6 Å². The van der Waals surface area contributed by atoms with Crippen molar-refractivity contribution in [3.8, 4) is 0 Å². The van der Waals surface area contributed by atoms with E-state index in [2.05, 4.69) is 20.0 Å². The molecule has 1 aliphatic rings. The lowest BCUT2D eigenvalue weighted by Gasteiger charge is -2.34. The molecule has 0 atom stereocenters. The topological polar surface area (TPSA) is 67.2 Å². The van der Waals surface area contributed by atoms with Gasteiger partial charge in [-0.25, -0.2) is 14.6 Å². The highest BCUT2D eigenvalue weighted by atomic mass is 32.1. The summed E-state index contributed by atoms with van der Waals surface area (Å²) in [4.78, 5) is 25.1. The minimum atomic E-state index is 0.0890. The van der Waals surface area contributed by atoms with Crippen molar-refractivity contribution in [3.05, 3.63) is 59.6 Å². The number of hydrogen-bond acceptors (Lipinski definition) is 6. The Morgan fingerprint density at radius 3 is 2.56 bits per heavy atom. The second-order valence-electron chi connectivity index (χ2n) is 5.88. The fraction of sp³-hybridized carbons (Fsp3) is 0.294. The first kappa shape index (κ1) is 15.8. The van der Waals surface area contributed by atoms with E-state index in [1.165, 1.54) is 6.33 Å². The van der Waals surface area contributed by atoms with E-state index in [4.69, 9.17) is 0 Å². The van der Waals surface area contributed by atoms with E-state index >= 15 is 0 Å². The smallest absolute Gasteiger partial charge is 0.253 e. The monoisotopic (exact) mass is 354 g/mol. The van der Waals surface area contributed by atoms with Crippen LogP contribution in [0.15, 0.2) is 48.5 Å². The highest BCUT2D eigenvalue weighted by Crippen LogP contribution is 2.19. The second-order valence-corrected chi connectivity index (χ2v) is 6.76. The van der Waals surface area contributed by atoms with Gasteiger partial charge >= 0.3 is 0 Å². The molecular weight excluding hydrogens is 336 g/mol. The number of benzene rings is 1. The number of aromatic nitrogens is 4. The molecule has 0 radical (unpaired) electrons. The predicted molar refractivity (Wildman–Crippen MR) is 95.8 cm³/mol. The third-order valence-electron chi connectivity index (χ3n) is 4.27. The van der Waals surface area contributed by atoms with Crippen molar-refractivity contribution in [2.75, 3.05) is 31.1 Å². The van der Waals surface area contributed by atoms with E-state index in [-0.39, 0.29) is 5.91 Å². The number of thiazole rings is 1. The van der Waals surface area contributed by atoms with Gasteiger partial charge in [0.2, 0.25) is 0 Å². The van der Waals surface area contributed by atoms with Crippen molar-refractivity contribution >= 4 is 22.4 Å². The molecule has 0 aliphatic carbocycles. The quantitative estimate of drug-likeness (QED) is 0.714. The molecule has 4 rings (SSSR count). The number of anilines is 1. The third kappa shape index (κ3) is 3.53. The Morgan fingerprint density at radius 2 is 1.92 bits per heavy atom. The molecule has 1 aliphatic heterocycles. The average molecular weight is 354 g/mol. The molecule has 0 bridgehead atoms. The zero-order valence-electron chi connectivity index (χ0n) is 13.7. The predicted octanol–water partition coefficient (Wildman–Crippen LogP) is 1.75. The SMILES string of the molecule is O=C(c1ccc(Cn2cncn2)cc1)N1CCN(c2nccs2)CC1. The third-order valence-corrected chi connectivity index (χ3v) is 5.10. The number of piperazine rings is 1. The van der Waals surface area contributed by atoms with E-state index in [1.807, 2.05) is 40.7 Å². The summed E-state index contributed by atoms with van der Waals surface area (Å²) in [7, 11) is 0. The Morgan fingerprint density at radius 1 is 1.12 bits per heavy atom. The van der Waals surface area contributed by atoms with Crippen LogP contribution in [0, 0.1) is 0 Å². The van der Waals surface area contributed by atoms with Gasteiger partial charge in [0.15, 0.2) is 5.13 Å². The van der Waals surface area contributed by atoms with Gasteiger partial charge in [0.05, 0.1) is 6.54 Å². The average Bonchev–Trinajstić information content (AvgIpc) is 3.36. The molecule has 0 saturated carbocycles. The number of nitrogens with zero attached hydrogens (tertiary/aromatic N) is 6. The highest BCUT2D eigenvalue weighted by Gasteiger charge is 2.23. The van der Waals surface area contributed by atoms with Gasteiger partial charge in [0, 0.05) is 43.3 Å². The summed E-state index contributed by atoms with van der Waals surface area (Å²) in [6.45, 7) is 3.74. The lowest BCUT2D eigenvalue weighted by atomic mass is 10.1. The maximum atomic E-state index is 12.7. The fourth-order valence-electron chi connectivity index (χ4n) is 2.91. The van der Waals surface area contributed by atoms with Gasteiger partial charge in [-0.1, -0.05) is 12.1 Å². The molecule has 0 unspecified atom stereocenters. The van der Waals surface area contributed by atoms with Crippen LogP contribution in [0.2, 0.25) is 0 Å². The maximum absolute atomic E-state index is 12.7. The van der Waals surface area contributed by atoms with Crippen molar-refractivity contribution in [1.29, 1.82) is 0 Å². The summed E-state index contributed by atoms with van der Waals surface area (Å²) in [5, 5.41) is 7.10. The van der Waals surface area contributed by atoms with Crippen LogP contribution >= 0.6 is 11.3 Å². The Kier molecular flexibility index (Phi) is 4.43. The molecule has 0 spiro atoms. The molecule has 2 aromatic heterocycles. The molecule has 25 heavy (non-hydrogen) atoms. The molecule has 3 aromatic rings. The molecule has 7 nitrogen and oxygen atoms in total. The normalized spacial score (nSPS) is 14.7. The molecule has 1 amide bonds. The first-order chi connectivity index (χ1) is 12.3. The van der Waals surface area contributed by atoms with Crippen LogP contribution in [0.4, 0.5) is 5.13 Å². The first-order valence-corrected chi connectivity index (χ1v) is 9.02. The van der Waals surface area contributed by atoms with Crippen molar-refractivity contribution in [2.24, 2.45) is 0 Å². The van der Waals surface area contributed by atoms with E-state index in [0.717, 1.165) is 42.4 Å². The van der Waals surface area contributed by atoms with E-state index in [0.29, 0.717) is 6.54 Å². The van der Waals surface area contributed by atoms with Gasteiger partial charge < -0.3 is 9.80 Å². The summed E-state index contributed by atoms with van der Waals surface area (Å²) in [6.07, 6.45) is 5.02. The van der Waals surface area contributed by atoms with Crippen molar-refractivity contribution in [2.45, 2.75) is 6.54 Å². The Bertz CT molecular complexity index is 807. The Balaban J connectivity index is 1.36. The number of carbonyl (C=O) groups excluding carboxylic acids is 1. The molecule has 128 valence electrons. The molecular formula is C17H18N6OS. The van der Waals surface area contributed by atoms with Crippen LogP contribution in [0.5, 0.6) is 0 Å². The van der Waals surface area contributed by atoms with Crippen LogP contribution in [-0.4, -0.2) is 56.7 Å². The minimum absolute atomic E-state index is 0.0890. The summed E-state index contributed by atoms with van der Waals surface area (Å²) >= 11 is 1.64. The van der Waals surface area contributed by atoms with Crippen LogP contribution < -0.4 is 4.90 Å². The van der Waals surface area contributed by atoms with Gasteiger partial charge in [-0.15, -0.1) is 11.3 Å². The van der Waals surface area contributed by atoms with Crippen LogP contribution in [0.1, 0.15) is 15.9 Å². The number of hydrogen-bond donors (Lipinski definition) is 0. The van der Waals surface area contributed by atoms with Crippen molar-refractivity contribution in [3.63, 3.8) is 0 Å². The van der Waals surface area contributed by atoms with Crippen LogP contribution in [0.25, 0.3) is 0 Å². The molecule has 1 fully saturated rings. The van der Waals surface area contributed by atoms with Crippen LogP contribution in [-0.2, 0) is 6.54 Å². The van der Waals surface area contributed by atoms with Gasteiger partial charge in [0.1, 0.15) is 12.7 Å². The maximum Gasteiger partial charge on any atom is 0.253 e. The summed E-state index contributed by atoms with van der Waals surface area (Å²) in [6, 6.07) is 7.73. The van der Waals surface area contributed by atoms with Gasteiger partial charge in [-0.05, 0) is 17.7 Å². The largest absolute Gasteiger partial charge is 0.345 e. The van der Waals surface area contributed by atoms with Gasteiger partial charge in [0.25, 0.3) is 5.91 Å². The van der Waals surface area contributed by atoms with E-state index in [9.17, 15) is 4.79 Å². The van der Waals surface area contributed by atoms with Gasteiger partial charge in [-0.2, -0.15) is 5.10 Å². The zero-order chi connectivity index (χ0) is 17.1. The first-order valence-electron chi connectivity index (χ1n) is 8.15. The Hall–Kier alpha value is -2.74.